The molecule has 13 atom stereocenters. The van der Waals surface area contributed by atoms with E-state index in [2.05, 4.69) is 65.1 Å². The maximum atomic E-state index is 14.9. The Kier molecular flexibility index (Phi) is 37.0. The van der Waals surface area contributed by atoms with E-state index in [1.165, 1.54) is 78.0 Å². The monoisotopic (exact) mass is 1630 g/mol. The van der Waals surface area contributed by atoms with Crippen molar-refractivity contribution >= 4 is 123 Å². The third-order valence-electron chi connectivity index (χ3n) is 20.9. The standard InChI is InChI=1S/C81H110N14O22/c1-7-8-9-10-16-47-22-24-48(25-23-47)49-26-28-50(29-27-49)76(111)93-60(34-51-38-85-56-20-14-12-17-52(51)56)79(114)91-58(36-65(84)100)62(97)32-44(4)74(109)94-70-46(6)117-81(116)71(72(107)53-18-11-13-19-55(53)83)95-77(112)54(42(2)33-68(103)104)35-64(99)61(41-96)90-67(102)39-86-75(110)45(5)88-73(108)43(3)31-63(98)59(37-69(105)106)92-78(113)57(21-15-30-82)89-66(101)40-87-80(70)115/h11-14,17-20,26-29,38,42-48,54,57-61,70-71,85,96H,7-10,15-16,21-25,30-37,39-41,82-83H2,1-6H3,(H2,84,100)(H,86,110)(H,87,115)(H,88,108)(H,89,101)(H,90,102)(H,91,114)(H,92,113)(H,93,111)(H,94,109)(H,95,112)(H,103,104)(H,105,106)/t42-,43+,44-,45+,46-,47?,48?,54+,57+,58-,59+,60+,61-,70+,71+/m1/s1. The Morgan fingerprint density at radius 3 is 1.90 bits per heavy atom. The van der Waals surface area contributed by atoms with Crippen LogP contribution in [-0.4, -0.2) is 207 Å². The number of primary amides is 1. The summed E-state index contributed by atoms with van der Waals surface area (Å²) in [5.41, 5.74) is 19.5. The molecule has 36 heteroatoms. The van der Waals surface area contributed by atoms with Crippen LogP contribution >= 0.6 is 0 Å². The van der Waals surface area contributed by atoms with Crippen molar-refractivity contribution < 1.29 is 106 Å². The van der Waals surface area contributed by atoms with Crippen LogP contribution in [0.1, 0.15) is 188 Å². The van der Waals surface area contributed by atoms with Crippen molar-refractivity contribution in [1.29, 1.82) is 0 Å². The Bertz CT molecular complexity index is 4250. The SMILES string of the molecule is CCCCCCC1CCC(c2ccc(C(=O)N[C@@H](Cc3c[nH]c4ccccc34)C(=O)N[C@H](CC(N)=O)C(=O)C[C@@H](C)C(=O)N[C@@H]3C(=O)NCC(=O)N[C@@H](CCCN)C(=O)N[C@@H](CC(=O)O)C(=O)C[C@H](C)C(=O)N[C@@H](C)C(=O)NCC(=O)N[C@H](CO)C(=O)C[C@@H]([C@H](C)CC(=O)O)C(=O)N[C@@H](C(=O)c4ccccc4N)C(=O)O[C@@H]3C)cc2)CC1. The lowest BCUT2D eigenvalue weighted by atomic mass is 9.77. The summed E-state index contributed by atoms with van der Waals surface area (Å²) in [7, 11) is 0. The smallest absolute Gasteiger partial charge is 0.337 e. The van der Waals surface area contributed by atoms with Gasteiger partial charge in [-0.1, -0.05) is 102 Å². The average Bonchev–Trinajstić information content (AvgIpc) is 1.40. The summed E-state index contributed by atoms with van der Waals surface area (Å²) in [6, 6.07) is 4.62. The number of hydrogen-bond acceptors (Lipinski definition) is 22. The topological polar surface area (TPSA) is 591 Å². The number of aromatic amines is 1. The van der Waals surface area contributed by atoms with Gasteiger partial charge in [-0.15, -0.1) is 0 Å². The second-order valence-corrected chi connectivity index (χ2v) is 30.2. The largest absolute Gasteiger partial charge is 0.481 e. The number of cyclic esters (lactones) is 1. The lowest BCUT2D eigenvalue weighted by molar-refractivity contribution is -0.155. The number of aliphatic hydroxyl groups is 1. The minimum Gasteiger partial charge on any atom is -0.481 e. The number of ketones is 4. The number of amides is 11. The van der Waals surface area contributed by atoms with Crippen molar-refractivity contribution in [2.24, 2.45) is 41.1 Å². The summed E-state index contributed by atoms with van der Waals surface area (Å²) in [5.74, 6) is -26.4. The molecule has 0 spiro atoms. The van der Waals surface area contributed by atoms with E-state index in [0.717, 1.165) is 44.2 Å². The van der Waals surface area contributed by atoms with Crippen LogP contribution in [0, 0.1) is 29.6 Å². The number of esters is 1. The van der Waals surface area contributed by atoms with Crippen LogP contribution in [0.15, 0.2) is 79.0 Å². The number of Topliss-reactive ketones (excluding diaryl/α,β-unsaturated/α-hetero) is 4. The van der Waals surface area contributed by atoms with Gasteiger partial charge < -0.3 is 95.4 Å². The first kappa shape index (κ1) is 94.0. The van der Waals surface area contributed by atoms with Gasteiger partial charge >= 0.3 is 17.9 Å². The molecule has 2 aliphatic rings. The molecule has 1 aromatic heterocycles. The highest BCUT2D eigenvalue weighted by Crippen LogP contribution is 2.38. The number of para-hydroxylation sites is 2. The number of carbonyl (C=O) groups is 18. The van der Waals surface area contributed by atoms with E-state index < -0.39 is 248 Å². The minimum atomic E-state index is -2.54. The first-order chi connectivity index (χ1) is 55.5. The summed E-state index contributed by atoms with van der Waals surface area (Å²) >= 11 is 0. The molecule has 1 aliphatic heterocycles. The zero-order valence-corrected chi connectivity index (χ0v) is 66.6. The molecule has 1 aliphatic carbocycles. The lowest BCUT2D eigenvalue weighted by Crippen LogP contribution is -2.58. The van der Waals surface area contributed by atoms with Gasteiger partial charge in [-0.3, -0.25) is 81.5 Å². The molecular formula is C81H110N14O22. The van der Waals surface area contributed by atoms with Crippen molar-refractivity contribution in [2.75, 3.05) is 32.0 Å². The van der Waals surface area contributed by atoms with Crippen molar-refractivity contribution in [3.05, 3.63) is 101 Å². The highest BCUT2D eigenvalue weighted by atomic mass is 16.5. The summed E-state index contributed by atoms with van der Waals surface area (Å²) < 4.78 is 5.74. The fourth-order valence-corrected chi connectivity index (χ4v) is 14.0. The molecule has 0 bridgehead atoms. The zero-order chi connectivity index (χ0) is 86.3. The summed E-state index contributed by atoms with van der Waals surface area (Å²) in [6.45, 7) is 4.73. The van der Waals surface area contributed by atoms with E-state index in [9.17, 15) is 102 Å². The van der Waals surface area contributed by atoms with Crippen LogP contribution in [0.4, 0.5) is 5.69 Å². The van der Waals surface area contributed by atoms with E-state index in [4.69, 9.17) is 21.9 Å². The average molecular weight is 1630 g/mol. The van der Waals surface area contributed by atoms with Gasteiger partial charge in [0.05, 0.1) is 44.6 Å². The zero-order valence-electron chi connectivity index (χ0n) is 66.6. The van der Waals surface area contributed by atoms with E-state index in [1.54, 1.807) is 42.6 Å². The number of carboxylic acid groups (broad SMARTS) is 2. The van der Waals surface area contributed by atoms with Crippen LogP contribution in [0.5, 0.6) is 0 Å². The van der Waals surface area contributed by atoms with Gasteiger partial charge in [-0.05, 0) is 118 Å². The molecule has 636 valence electrons. The number of carboxylic acids is 2. The molecule has 36 nitrogen and oxygen atoms in total. The van der Waals surface area contributed by atoms with Crippen LogP contribution in [0.2, 0.25) is 0 Å². The van der Waals surface area contributed by atoms with Crippen LogP contribution < -0.4 is 70.4 Å². The van der Waals surface area contributed by atoms with Crippen molar-refractivity contribution in [3.8, 4) is 0 Å². The third kappa shape index (κ3) is 29.1. The first-order valence-corrected chi connectivity index (χ1v) is 39.3. The molecule has 6 rings (SSSR count). The number of aliphatic hydroxyl groups excluding tert-OH is 1. The Morgan fingerprint density at radius 2 is 1.26 bits per heavy atom. The number of nitrogens with two attached hydrogens (primary N) is 3. The molecule has 3 aromatic carbocycles. The number of anilines is 1. The molecule has 4 aromatic rings. The van der Waals surface area contributed by atoms with Gasteiger partial charge in [0.1, 0.15) is 36.3 Å². The van der Waals surface area contributed by atoms with Crippen molar-refractivity contribution in [1.82, 2.24) is 58.2 Å². The first-order valence-electron chi connectivity index (χ1n) is 39.3. The van der Waals surface area contributed by atoms with Gasteiger partial charge in [0.25, 0.3) is 5.91 Å². The number of rotatable bonds is 30. The predicted octanol–water partition coefficient (Wildman–Crippen LogP) is 0.768. The van der Waals surface area contributed by atoms with Crippen molar-refractivity contribution in [3.63, 3.8) is 0 Å². The van der Waals surface area contributed by atoms with Crippen LogP contribution in [-0.2, 0) is 87.9 Å². The number of nitrogen functional groups attached to an aromatic ring is 1. The number of H-pyrrole nitrogens is 1. The fraction of sp³-hybridized carbons (Fsp3) is 0.531. The molecule has 2 fully saturated rings. The molecule has 2 heterocycles. The number of nitrogens with one attached hydrogen (secondary N) is 11. The number of hydrogen-bond donors (Lipinski definition) is 17. The minimum absolute atomic E-state index is 0.00723. The molecule has 117 heavy (non-hydrogen) atoms. The Balaban J connectivity index is 1.33. The number of aliphatic carboxylic acids is 2. The number of ether oxygens (including phenoxy) is 1. The molecular weight excluding hydrogens is 1520 g/mol. The summed E-state index contributed by atoms with van der Waals surface area (Å²) in [5, 5.41) is 54.3. The van der Waals surface area contributed by atoms with Gasteiger partial charge in [0.2, 0.25) is 59.1 Å². The fourth-order valence-electron chi connectivity index (χ4n) is 14.0. The van der Waals surface area contributed by atoms with Gasteiger partial charge in [0, 0.05) is 83.8 Å². The van der Waals surface area contributed by atoms with E-state index in [1.807, 2.05) is 12.1 Å². The number of aromatic nitrogens is 1. The van der Waals surface area contributed by atoms with Gasteiger partial charge in [-0.2, -0.15) is 0 Å². The number of carbonyl (C=O) groups excluding carboxylic acids is 16. The lowest BCUT2D eigenvalue weighted by Gasteiger charge is -2.29. The highest BCUT2D eigenvalue weighted by Gasteiger charge is 2.42. The van der Waals surface area contributed by atoms with Gasteiger partial charge in [0.15, 0.2) is 29.2 Å². The van der Waals surface area contributed by atoms with E-state index >= 15 is 0 Å². The third-order valence-corrected chi connectivity index (χ3v) is 20.9. The maximum Gasteiger partial charge on any atom is 0.337 e. The highest BCUT2D eigenvalue weighted by molar-refractivity contribution is 6.16. The van der Waals surface area contributed by atoms with E-state index in [-0.39, 0.29) is 37.1 Å². The molecule has 0 unspecified atom stereocenters. The number of fused-ring (bicyclic) bond motifs is 1. The summed E-state index contributed by atoms with van der Waals surface area (Å²) in [4.78, 5) is 253. The second-order valence-electron chi connectivity index (χ2n) is 30.2. The molecule has 20 N–H and O–H groups in total. The molecule has 0 radical (unpaired) electrons. The Morgan fingerprint density at radius 1 is 0.624 bits per heavy atom. The normalized spacial score (nSPS) is 23.3. The summed E-state index contributed by atoms with van der Waals surface area (Å²) in [6.07, 6.45) is 4.12. The molecule has 1 saturated carbocycles. The quantitative estimate of drug-likeness (QED) is 0.0113. The van der Waals surface area contributed by atoms with E-state index in [0.29, 0.717) is 28.3 Å². The maximum absolute atomic E-state index is 14.9. The second kappa shape index (κ2) is 46.1. The Labute approximate surface area is 676 Å². The van der Waals surface area contributed by atoms with Crippen LogP contribution in [0.25, 0.3) is 10.9 Å². The molecule has 11 amide bonds. The van der Waals surface area contributed by atoms with Crippen molar-refractivity contribution in [2.45, 2.75) is 217 Å². The Hall–Kier alpha value is -11.8. The van der Waals surface area contributed by atoms with Gasteiger partial charge in [-0.25, -0.2) is 4.79 Å². The number of benzene rings is 3. The molecule has 1 saturated heterocycles. The predicted molar refractivity (Wildman–Crippen MR) is 423 cm³/mol. The number of unbranched alkanes of at least 4 members (excludes halogenated alkanes) is 3. The van der Waals surface area contributed by atoms with Crippen LogP contribution in [0.3, 0.4) is 0 Å².